The van der Waals surface area contributed by atoms with Gasteiger partial charge < -0.3 is 14.2 Å². The molecule has 1 unspecified atom stereocenters. The van der Waals surface area contributed by atoms with Gasteiger partial charge >= 0.3 is 0 Å². The number of carbonyl (C=O) groups excluding carboxylic acids is 1. The lowest BCUT2D eigenvalue weighted by Crippen LogP contribution is -2.19. The van der Waals surface area contributed by atoms with Crippen molar-refractivity contribution in [3.05, 3.63) is 58.9 Å². The first-order valence-electron chi connectivity index (χ1n) is 10.1. The summed E-state index contributed by atoms with van der Waals surface area (Å²) < 4.78 is 8.16. The van der Waals surface area contributed by atoms with E-state index in [1.165, 1.54) is 0 Å². The molecule has 1 amide bonds. The molecule has 2 aromatic carbocycles. The molecule has 0 saturated carbocycles. The standard InChI is InChI=1S/C23H26ClN3O2/c1-16-13-18(9-10-19(16)24)29-12-6-5-11-27-21-8-4-3-7-20(21)25-23(27)17-14-22(28)26(2)15-17/h3-4,7-10,13,17H,5-6,11-12,14-15H2,1-2H3. The van der Waals surface area contributed by atoms with E-state index in [2.05, 4.69) is 10.6 Å². The molecule has 0 radical (unpaired) electrons. The fraction of sp³-hybridized carbons (Fsp3) is 0.391. The van der Waals surface area contributed by atoms with Gasteiger partial charge in [0.25, 0.3) is 0 Å². The Balaban J connectivity index is 1.41. The summed E-state index contributed by atoms with van der Waals surface area (Å²) in [6.07, 6.45) is 2.46. The van der Waals surface area contributed by atoms with Crippen LogP contribution >= 0.6 is 11.6 Å². The predicted molar refractivity (Wildman–Crippen MR) is 116 cm³/mol. The van der Waals surface area contributed by atoms with Gasteiger partial charge in [0.15, 0.2) is 0 Å². The molecule has 2 heterocycles. The average Bonchev–Trinajstić information content (AvgIpc) is 3.24. The summed E-state index contributed by atoms with van der Waals surface area (Å²) in [5, 5.41) is 0.757. The van der Waals surface area contributed by atoms with Gasteiger partial charge in [-0.3, -0.25) is 4.79 Å². The number of likely N-dealkylation sites (N-methyl/N-ethyl adjacent to an activating group) is 1. The molecule has 1 aliphatic heterocycles. The maximum Gasteiger partial charge on any atom is 0.223 e. The topological polar surface area (TPSA) is 47.4 Å². The number of aromatic nitrogens is 2. The van der Waals surface area contributed by atoms with Gasteiger partial charge in [-0.1, -0.05) is 23.7 Å². The first-order chi connectivity index (χ1) is 14.0. The monoisotopic (exact) mass is 411 g/mol. The number of fused-ring (bicyclic) bond motifs is 1. The van der Waals surface area contributed by atoms with Gasteiger partial charge in [0.1, 0.15) is 11.6 Å². The Morgan fingerprint density at radius 1 is 1.21 bits per heavy atom. The molecular formula is C23H26ClN3O2. The molecule has 1 fully saturated rings. The van der Waals surface area contributed by atoms with E-state index in [4.69, 9.17) is 21.3 Å². The Kier molecular flexibility index (Phi) is 5.76. The molecule has 1 saturated heterocycles. The average molecular weight is 412 g/mol. The molecular weight excluding hydrogens is 386 g/mol. The van der Waals surface area contributed by atoms with Crippen LogP contribution in [0.1, 0.15) is 36.6 Å². The van der Waals surface area contributed by atoms with E-state index in [0.29, 0.717) is 13.0 Å². The molecule has 5 nitrogen and oxygen atoms in total. The van der Waals surface area contributed by atoms with E-state index < -0.39 is 0 Å². The summed E-state index contributed by atoms with van der Waals surface area (Å²) in [4.78, 5) is 18.7. The number of hydrogen-bond acceptors (Lipinski definition) is 3. The highest BCUT2D eigenvalue weighted by Gasteiger charge is 2.31. The van der Waals surface area contributed by atoms with Crippen molar-refractivity contribution in [1.29, 1.82) is 0 Å². The highest BCUT2D eigenvalue weighted by molar-refractivity contribution is 6.31. The Labute approximate surface area is 176 Å². The minimum absolute atomic E-state index is 0.160. The third-order valence-electron chi connectivity index (χ3n) is 5.56. The van der Waals surface area contributed by atoms with Gasteiger partial charge in [0.05, 0.1) is 17.6 Å². The molecule has 29 heavy (non-hydrogen) atoms. The first-order valence-corrected chi connectivity index (χ1v) is 10.5. The van der Waals surface area contributed by atoms with E-state index in [9.17, 15) is 4.79 Å². The van der Waals surface area contributed by atoms with E-state index in [1.807, 2.05) is 50.4 Å². The van der Waals surface area contributed by atoms with Gasteiger partial charge in [0.2, 0.25) is 5.91 Å². The number of ether oxygens (including phenoxy) is 1. The lowest BCUT2D eigenvalue weighted by atomic mass is 10.1. The number of carbonyl (C=O) groups is 1. The number of aryl methyl sites for hydroxylation is 2. The van der Waals surface area contributed by atoms with Crippen LogP contribution < -0.4 is 4.74 Å². The Morgan fingerprint density at radius 2 is 2.03 bits per heavy atom. The minimum atomic E-state index is 0.160. The first kappa shape index (κ1) is 19.8. The molecule has 1 aliphatic rings. The molecule has 1 atom stereocenters. The zero-order chi connectivity index (χ0) is 20.4. The summed E-state index contributed by atoms with van der Waals surface area (Å²) in [7, 11) is 1.87. The second kappa shape index (κ2) is 8.46. The SMILES string of the molecule is Cc1cc(OCCCCn2c(C3CC(=O)N(C)C3)nc3ccccc32)ccc1Cl. The number of likely N-dealkylation sites (tertiary alicyclic amines) is 1. The van der Waals surface area contributed by atoms with Gasteiger partial charge in [-0.25, -0.2) is 4.98 Å². The molecule has 4 rings (SSSR count). The van der Waals surface area contributed by atoms with Crippen LogP contribution in [0.15, 0.2) is 42.5 Å². The number of hydrogen-bond donors (Lipinski definition) is 0. The second-order valence-electron chi connectivity index (χ2n) is 7.75. The molecule has 0 bridgehead atoms. The lowest BCUT2D eigenvalue weighted by molar-refractivity contribution is -0.126. The second-order valence-corrected chi connectivity index (χ2v) is 8.16. The highest BCUT2D eigenvalue weighted by atomic mass is 35.5. The smallest absolute Gasteiger partial charge is 0.223 e. The van der Waals surface area contributed by atoms with E-state index in [-0.39, 0.29) is 11.8 Å². The summed E-state index contributed by atoms with van der Waals surface area (Å²) in [6, 6.07) is 14.0. The van der Waals surface area contributed by atoms with Crippen LogP contribution in [0.25, 0.3) is 11.0 Å². The van der Waals surface area contributed by atoms with Crippen molar-refractivity contribution in [2.45, 2.75) is 38.6 Å². The molecule has 0 spiro atoms. The van der Waals surface area contributed by atoms with E-state index in [0.717, 1.165) is 59.1 Å². The minimum Gasteiger partial charge on any atom is -0.494 e. The summed E-state index contributed by atoms with van der Waals surface area (Å²) >= 11 is 6.07. The zero-order valence-corrected chi connectivity index (χ0v) is 17.7. The Hall–Kier alpha value is -2.53. The maximum absolute atomic E-state index is 12.0. The van der Waals surface area contributed by atoms with Crippen LogP contribution in [0.5, 0.6) is 5.75 Å². The molecule has 1 aromatic heterocycles. The number of amides is 1. The number of para-hydroxylation sites is 2. The largest absolute Gasteiger partial charge is 0.494 e. The number of nitrogens with zero attached hydrogens (tertiary/aromatic N) is 3. The number of unbranched alkanes of at least 4 members (excludes halogenated alkanes) is 1. The van der Waals surface area contributed by atoms with Crippen LogP contribution in [-0.4, -0.2) is 40.6 Å². The molecule has 0 aliphatic carbocycles. The fourth-order valence-electron chi connectivity index (χ4n) is 3.95. The van der Waals surface area contributed by atoms with E-state index in [1.54, 1.807) is 4.90 Å². The lowest BCUT2D eigenvalue weighted by Gasteiger charge is -2.14. The molecule has 0 N–H and O–H groups in total. The van der Waals surface area contributed by atoms with Crippen molar-refractivity contribution in [2.24, 2.45) is 0 Å². The zero-order valence-electron chi connectivity index (χ0n) is 16.9. The van der Waals surface area contributed by atoms with Crippen molar-refractivity contribution in [2.75, 3.05) is 20.2 Å². The van der Waals surface area contributed by atoms with Crippen molar-refractivity contribution >= 4 is 28.5 Å². The van der Waals surface area contributed by atoms with Gasteiger partial charge in [-0.2, -0.15) is 0 Å². The van der Waals surface area contributed by atoms with Crippen molar-refractivity contribution in [3.8, 4) is 5.75 Å². The van der Waals surface area contributed by atoms with Crippen LogP contribution in [0.4, 0.5) is 0 Å². The third-order valence-corrected chi connectivity index (χ3v) is 5.99. The van der Waals surface area contributed by atoms with Crippen LogP contribution in [-0.2, 0) is 11.3 Å². The van der Waals surface area contributed by atoms with Gasteiger partial charge in [0, 0.05) is 37.5 Å². The highest BCUT2D eigenvalue weighted by Crippen LogP contribution is 2.30. The molecule has 152 valence electrons. The number of imidazole rings is 1. The molecule has 3 aromatic rings. The van der Waals surface area contributed by atoms with Gasteiger partial charge in [-0.15, -0.1) is 0 Å². The van der Waals surface area contributed by atoms with Crippen LogP contribution in [0.2, 0.25) is 5.02 Å². The van der Waals surface area contributed by atoms with Crippen molar-refractivity contribution in [1.82, 2.24) is 14.5 Å². The van der Waals surface area contributed by atoms with E-state index >= 15 is 0 Å². The van der Waals surface area contributed by atoms with Crippen LogP contribution in [0, 0.1) is 6.92 Å². The van der Waals surface area contributed by atoms with Gasteiger partial charge in [-0.05, 0) is 55.7 Å². The normalized spacial score (nSPS) is 16.7. The van der Waals surface area contributed by atoms with Crippen molar-refractivity contribution < 1.29 is 9.53 Å². The molecule has 6 heteroatoms. The fourth-order valence-corrected chi connectivity index (χ4v) is 4.06. The Morgan fingerprint density at radius 3 is 2.79 bits per heavy atom. The maximum atomic E-state index is 12.0. The van der Waals surface area contributed by atoms with Crippen molar-refractivity contribution in [3.63, 3.8) is 0 Å². The third kappa shape index (κ3) is 4.25. The number of rotatable bonds is 7. The number of halogens is 1. The summed E-state index contributed by atoms with van der Waals surface area (Å²) in [6.45, 7) is 4.24. The Bertz CT molecular complexity index is 1030. The number of benzene rings is 2. The summed E-state index contributed by atoms with van der Waals surface area (Å²) in [5.74, 6) is 2.24. The summed E-state index contributed by atoms with van der Waals surface area (Å²) in [5.41, 5.74) is 3.16. The quantitative estimate of drug-likeness (QED) is 0.524. The van der Waals surface area contributed by atoms with Crippen LogP contribution in [0.3, 0.4) is 0 Å². The predicted octanol–water partition coefficient (Wildman–Crippen LogP) is 4.80.